The van der Waals surface area contributed by atoms with E-state index in [1.54, 1.807) is 12.3 Å². The van der Waals surface area contributed by atoms with Crippen LogP contribution in [0.4, 0.5) is 5.69 Å². The summed E-state index contributed by atoms with van der Waals surface area (Å²) in [6.45, 7) is 4.01. The molecule has 0 bridgehead atoms. The predicted octanol–water partition coefficient (Wildman–Crippen LogP) is 2.68. The zero-order chi connectivity index (χ0) is 18.7. The Kier molecular flexibility index (Phi) is 5.16. The number of anilines is 1. The number of nitrogens with one attached hydrogen (secondary N) is 3. The Morgan fingerprint density at radius 3 is 2.73 bits per heavy atom. The quantitative estimate of drug-likeness (QED) is 0.596. The van der Waals surface area contributed by atoms with Gasteiger partial charge in [0.05, 0.1) is 22.5 Å². The molecule has 0 atom stereocenters. The van der Waals surface area contributed by atoms with E-state index in [9.17, 15) is 4.79 Å². The minimum Gasteiger partial charge on any atom is -0.404 e. The molecule has 0 radical (unpaired) electrons. The van der Waals surface area contributed by atoms with Crippen molar-refractivity contribution in [1.82, 2.24) is 15.3 Å². The molecule has 7 nitrogen and oxygen atoms in total. The molecule has 1 saturated carbocycles. The Balaban J connectivity index is 2.11. The number of aromatic nitrogens is 2. The lowest BCUT2D eigenvalue weighted by Crippen LogP contribution is -2.39. The number of hydrogen-bond acceptors (Lipinski definition) is 6. The molecular weight excluding hydrogens is 328 g/mol. The summed E-state index contributed by atoms with van der Waals surface area (Å²) < 4.78 is 0. The van der Waals surface area contributed by atoms with Gasteiger partial charge in [-0.3, -0.25) is 9.78 Å². The molecule has 1 fully saturated rings. The summed E-state index contributed by atoms with van der Waals surface area (Å²) in [5.41, 5.74) is 9.07. The van der Waals surface area contributed by atoms with Crippen LogP contribution in [-0.4, -0.2) is 34.2 Å². The first kappa shape index (κ1) is 17.8. The van der Waals surface area contributed by atoms with Gasteiger partial charge in [0.25, 0.3) is 5.91 Å². The van der Waals surface area contributed by atoms with Crippen molar-refractivity contribution >= 4 is 34.4 Å². The van der Waals surface area contributed by atoms with Gasteiger partial charge in [-0.15, -0.1) is 0 Å². The van der Waals surface area contributed by atoms with Crippen molar-refractivity contribution in [2.24, 2.45) is 5.73 Å². The fourth-order valence-electron chi connectivity index (χ4n) is 2.86. The first-order chi connectivity index (χ1) is 12.5. The molecule has 2 aromatic rings. The molecule has 1 aliphatic carbocycles. The fourth-order valence-corrected chi connectivity index (χ4v) is 2.86. The van der Waals surface area contributed by atoms with E-state index in [0.29, 0.717) is 33.6 Å². The van der Waals surface area contributed by atoms with E-state index in [4.69, 9.17) is 11.1 Å². The van der Waals surface area contributed by atoms with Crippen molar-refractivity contribution < 1.29 is 4.79 Å². The van der Waals surface area contributed by atoms with Crippen molar-refractivity contribution in [3.8, 4) is 0 Å². The molecule has 0 aromatic carbocycles. The molecule has 0 spiro atoms. The van der Waals surface area contributed by atoms with E-state index in [2.05, 4.69) is 20.6 Å². The van der Waals surface area contributed by atoms with Crippen LogP contribution < -0.4 is 16.4 Å². The van der Waals surface area contributed by atoms with E-state index < -0.39 is 0 Å². The number of fused-ring (bicyclic) bond motifs is 1. The number of allylic oxidation sites excluding steroid dienone is 1. The third-order valence-electron chi connectivity index (χ3n) is 4.46. The maximum atomic E-state index is 12.7. The molecule has 3 rings (SSSR count). The summed E-state index contributed by atoms with van der Waals surface area (Å²) in [7, 11) is 0. The van der Waals surface area contributed by atoms with Crippen LogP contribution in [0.25, 0.3) is 16.6 Å². The van der Waals surface area contributed by atoms with Gasteiger partial charge in [0.2, 0.25) is 0 Å². The van der Waals surface area contributed by atoms with E-state index in [-0.39, 0.29) is 18.0 Å². The lowest BCUT2D eigenvalue weighted by Gasteiger charge is -2.27. The maximum Gasteiger partial charge on any atom is 0.255 e. The van der Waals surface area contributed by atoms with Crippen molar-refractivity contribution in [2.75, 3.05) is 5.32 Å². The van der Waals surface area contributed by atoms with Crippen molar-refractivity contribution in [3.05, 3.63) is 35.8 Å². The molecule has 2 heterocycles. The molecular formula is C19H24N6O. The SMILES string of the molecule is CC(C)Nc1c(C(=O)NC2CCC2)cnc2ccc(/C(C=N)=C/N)nc12. The lowest BCUT2D eigenvalue weighted by atomic mass is 9.93. The first-order valence-electron chi connectivity index (χ1n) is 8.83. The molecule has 26 heavy (non-hydrogen) atoms. The second-order valence-electron chi connectivity index (χ2n) is 6.78. The standard InChI is InChI=1S/C19H24N6O/c1-11(2)23-17-14(19(26)24-13-4-3-5-13)10-22-16-7-6-15(25-18(16)17)12(8-20)9-21/h6-11,13,20H,3-5,21H2,1-2H3,(H,22,23)(H,24,26)/b12-9+,20-8?. The molecule has 1 amide bonds. The van der Waals surface area contributed by atoms with Crippen LogP contribution in [-0.2, 0) is 0 Å². The van der Waals surface area contributed by atoms with E-state index in [1.165, 1.54) is 6.20 Å². The molecule has 0 saturated heterocycles. The highest BCUT2D eigenvalue weighted by Gasteiger charge is 2.23. The van der Waals surface area contributed by atoms with Crippen LogP contribution >= 0.6 is 0 Å². The van der Waals surface area contributed by atoms with Crippen LogP contribution in [0.5, 0.6) is 0 Å². The maximum absolute atomic E-state index is 12.7. The second kappa shape index (κ2) is 7.51. The highest BCUT2D eigenvalue weighted by molar-refractivity contribution is 6.09. The van der Waals surface area contributed by atoms with Gasteiger partial charge in [0.15, 0.2) is 0 Å². The molecule has 136 valence electrons. The summed E-state index contributed by atoms with van der Waals surface area (Å²) in [5.74, 6) is -0.138. The molecule has 7 heteroatoms. The van der Waals surface area contributed by atoms with Crippen molar-refractivity contribution in [1.29, 1.82) is 5.41 Å². The van der Waals surface area contributed by atoms with E-state index >= 15 is 0 Å². The molecule has 0 aliphatic heterocycles. The van der Waals surface area contributed by atoms with Crippen LogP contribution in [0, 0.1) is 5.41 Å². The van der Waals surface area contributed by atoms with Gasteiger partial charge in [0, 0.05) is 36.3 Å². The van der Waals surface area contributed by atoms with E-state index in [1.807, 2.05) is 19.9 Å². The summed E-state index contributed by atoms with van der Waals surface area (Å²) in [6, 6.07) is 3.96. The minimum absolute atomic E-state index is 0.119. The van der Waals surface area contributed by atoms with Crippen LogP contribution in [0.3, 0.4) is 0 Å². The monoisotopic (exact) mass is 352 g/mol. The third kappa shape index (κ3) is 3.51. The Hall–Kier alpha value is -2.96. The zero-order valence-corrected chi connectivity index (χ0v) is 15.0. The van der Waals surface area contributed by atoms with Gasteiger partial charge < -0.3 is 21.8 Å². The lowest BCUT2D eigenvalue weighted by molar-refractivity contribution is 0.0917. The number of rotatable bonds is 6. The number of carbonyl (C=O) groups excluding carboxylic acids is 1. The molecule has 2 aromatic heterocycles. The van der Waals surface area contributed by atoms with Gasteiger partial charge >= 0.3 is 0 Å². The first-order valence-corrected chi connectivity index (χ1v) is 8.83. The number of carbonyl (C=O) groups is 1. The Labute approximate surface area is 152 Å². The molecule has 1 aliphatic rings. The number of hydrogen-bond donors (Lipinski definition) is 4. The Morgan fingerprint density at radius 2 is 2.15 bits per heavy atom. The Bertz CT molecular complexity index is 870. The second-order valence-corrected chi connectivity index (χ2v) is 6.78. The summed E-state index contributed by atoms with van der Waals surface area (Å²) in [5, 5.41) is 13.9. The number of nitrogens with two attached hydrogens (primary N) is 1. The Morgan fingerprint density at radius 1 is 1.38 bits per heavy atom. The summed E-state index contributed by atoms with van der Waals surface area (Å²) in [6.07, 6.45) is 7.29. The zero-order valence-electron chi connectivity index (χ0n) is 15.0. The highest BCUT2D eigenvalue weighted by Crippen LogP contribution is 2.27. The fraction of sp³-hybridized carbons (Fsp3) is 0.368. The van der Waals surface area contributed by atoms with Gasteiger partial charge in [0.1, 0.15) is 5.52 Å². The van der Waals surface area contributed by atoms with Crippen LogP contribution in [0.1, 0.15) is 49.2 Å². The van der Waals surface area contributed by atoms with Gasteiger partial charge in [-0.25, -0.2) is 4.98 Å². The summed E-state index contributed by atoms with van der Waals surface area (Å²) >= 11 is 0. The van der Waals surface area contributed by atoms with Gasteiger partial charge in [-0.2, -0.15) is 0 Å². The third-order valence-corrected chi connectivity index (χ3v) is 4.46. The molecule has 0 unspecified atom stereocenters. The number of amides is 1. The largest absolute Gasteiger partial charge is 0.404 e. The predicted molar refractivity (Wildman–Crippen MR) is 104 cm³/mol. The molecule has 5 N–H and O–H groups in total. The van der Waals surface area contributed by atoms with Crippen LogP contribution in [0.15, 0.2) is 24.5 Å². The number of pyridine rings is 2. The number of nitrogens with zero attached hydrogens (tertiary/aromatic N) is 2. The van der Waals surface area contributed by atoms with Crippen LogP contribution in [0.2, 0.25) is 0 Å². The normalized spacial score (nSPS) is 15.0. The van der Waals surface area contributed by atoms with E-state index in [0.717, 1.165) is 25.5 Å². The summed E-state index contributed by atoms with van der Waals surface area (Å²) in [4.78, 5) is 21.8. The van der Waals surface area contributed by atoms with Gasteiger partial charge in [-0.05, 0) is 45.2 Å². The highest BCUT2D eigenvalue weighted by atomic mass is 16.1. The minimum atomic E-state index is -0.138. The van der Waals surface area contributed by atoms with Crippen molar-refractivity contribution in [3.63, 3.8) is 0 Å². The average molecular weight is 352 g/mol. The average Bonchev–Trinajstić information content (AvgIpc) is 2.59. The van der Waals surface area contributed by atoms with Crippen molar-refractivity contribution in [2.45, 2.75) is 45.2 Å². The smallest absolute Gasteiger partial charge is 0.255 e. The topological polar surface area (TPSA) is 117 Å². The van der Waals surface area contributed by atoms with Gasteiger partial charge in [-0.1, -0.05) is 0 Å².